The second-order valence-electron chi connectivity index (χ2n) is 5.64. The van der Waals surface area contributed by atoms with Crippen LogP contribution in [0, 0.1) is 0 Å². The summed E-state index contributed by atoms with van der Waals surface area (Å²) in [6.45, 7) is 0.293. The quantitative estimate of drug-likeness (QED) is 0.566. The van der Waals surface area contributed by atoms with Crippen molar-refractivity contribution in [3.63, 3.8) is 0 Å². The molecule has 0 atom stereocenters. The number of nitrogens with one attached hydrogen (secondary N) is 1. The molecule has 1 N–H and O–H groups in total. The number of para-hydroxylation sites is 2. The lowest BCUT2D eigenvalue weighted by molar-refractivity contribution is 0.0945. The lowest BCUT2D eigenvalue weighted by Crippen LogP contribution is -2.23. The van der Waals surface area contributed by atoms with Crippen molar-refractivity contribution in [2.75, 3.05) is 7.11 Å². The van der Waals surface area contributed by atoms with Crippen LogP contribution in [-0.4, -0.2) is 18.0 Å². The van der Waals surface area contributed by atoms with E-state index in [1.807, 2.05) is 42.5 Å². The number of carbonyl (C=O) groups is 1. The van der Waals surface area contributed by atoms with Gasteiger partial charge >= 0.3 is 0 Å². The van der Waals surface area contributed by atoms with Crippen molar-refractivity contribution in [2.45, 2.75) is 6.54 Å². The summed E-state index contributed by atoms with van der Waals surface area (Å²) in [7, 11) is 1.54. The third kappa shape index (κ3) is 3.19. The number of aromatic nitrogens is 1. The van der Waals surface area contributed by atoms with Crippen LogP contribution < -0.4 is 10.1 Å². The number of rotatable bonds is 5. The molecule has 5 nitrogen and oxygen atoms in total. The summed E-state index contributed by atoms with van der Waals surface area (Å²) in [5, 5.41) is 3.68. The zero-order chi connectivity index (χ0) is 17.9. The Kier molecular flexibility index (Phi) is 4.41. The Morgan fingerprint density at radius 2 is 1.92 bits per heavy atom. The number of nitrogens with zero attached hydrogens (tertiary/aromatic N) is 1. The highest BCUT2D eigenvalue weighted by Crippen LogP contribution is 2.31. The van der Waals surface area contributed by atoms with Gasteiger partial charge < -0.3 is 14.5 Å². The molecule has 2 heterocycles. The molecule has 0 saturated carbocycles. The van der Waals surface area contributed by atoms with Gasteiger partial charge in [0.2, 0.25) is 0 Å². The number of hydrogen-bond acceptors (Lipinski definition) is 5. The average Bonchev–Trinajstić information content (AvgIpc) is 3.32. The normalized spacial score (nSPS) is 10.8. The van der Waals surface area contributed by atoms with Gasteiger partial charge in [-0.05, 0) is 36.4 Å². The number of ether oxygens (including phenoxy) is 1. The summed E-state index contributed by atoms with van der Waals surface area (Å²) in [6.07, 6.45) is 0. The molecular weight excluding hydrogens is 348 g/mol. The number of benzene rings is 2. The molecule has 6 heteroatoms. The van der Waals surface area contributed by atoms with Crippen LogP contribution >= 0.6 is 11.3 Å². The van der Waals surface area contributed by atoms with Crippen molar-refractivity contribution < 1.29 is 13.9 Å². The molecule has 0 fully saturated rings. The maximum absolute atomic E-state index is 12.3. The van der Waals surface area contributed by atoms with Crippen molar-refractivity contribution in [3.05, 3.63) is 72.0 Å². The van der Waals surface area contributed by atoms with Gasteiger partial charge in [0.25, 0.3) is 5.91 Å². The van der Waals surface area contributed by atoms with Crippen molar-refractivity contribution >= 4 is 27.5 Å². The average molecular weight is 364 g/mol. The molecule has 0 unspecified atom stereocenters. The number of methoxy groups -OCH3 is 1. The third-order valence-corrected chi connectivity index (χ3v) is 4.99. The molecule has 2 aromatic carbocycles. The van der Waals surface area contributed by atoms with Crippen LogP contribution in [0.3, 0.4) is 0 Å². The summed E-state index contributed by atoms with van der Waals surface area (Å²) in [4.78, 5) is 16.9. The molecule has 0 radical (unpaired) electrons. The Bertz CT molecular complexity index is 1030. The van der Waals surface area contributed by atoms with Gasteiger partial charge in [0.1, 0.15) is 11.5 Å². The Balaban J connectivity index is 1.47. The van der Waals surface area contributed by atoms with Gasteiger partial charge in [0.05, 0.1) is 29.4 Å². The number of thiazole rings is 1. The lowest BCUT2D eigenvalue weighted by atomic mass is 10.2. The van der Waals surface area contributed by atoms with Crippen LogP contribution in [0.2, 0.25) is 0 Å². The topological polar surface area (TPSA) is 64.4 Å². The van der Waals surface area contributed by atoms with Crippen LogP contribution in [-0.2, 0) is 6.54 Å². The fraction of sp³-hybridized carbons (Fsp3) is 0.100. The molecule has 0 aliphatic rings. The van der Waals surface area contributed by atoms with Gasteiger partial charge in [-0.15, -0.1) is 11.3 Å². The molecule has 130 valence electrons. The van der Waals surface area contributed by atoms with Gasteiger partial charge in [0, 0.05) is 0 Å². The van der Waals surface area contributed by atoms with E-state index in [0.717, 1.165) is 15.2 Å². The van der Waals surface area contributed by atoms with Crippen molar-refractivity contribution in [1.82, 2.24) is 10.3 Å². The standard InChI is InChI=1S/C20H16N2O3S/c1-24-16-8-4-2-6-14(16)19(23)21-12-13-10-11-17(25-13)20-22-15-7-3-5-9-18(15)26-20/h2-11H,12H2,1H3,(H,21,23). The molecule has 0 bridgehead atoms. The van der Waals surface area contributed by atoms with Gasteiger partial charge in [-0.1, -0.05) is 24.3 Å². The molecule has 0 spiro atoms. The van der Waals surface area contributed by atoms with Crippen LogP contribution in [0.15, 0.2) is 65.1 Å². The second-order valence-corrected chi connectivity index (χ2v) is 6.67. The largest absolute Gasteiger partial charge is 0.496 e. The summed E-state index contributed by atoms with van der Waals surface area (Å²) < 4.78 is 12.2. The van der Waals surface area contributed by atoms with E-state index >= 15 is 0 Å². The molecule has 4 aromatic rings. The summed E-state index contributed by atoms with van der Waals surface area (Å²) in [6, 6.07) is 18.8. The van der Waals surface area contributed by atoms with E-state index in [1.54, 1.807) is 36.6 Å². The molecule has 0 saturated heterocycles. The van der Waals surface area contributed by atoms with Crippen LogP contribution in [0.5, 0.6) is 5.75 Å². The van der Waals surface area contributed by atoms with Crippen molar-refractivity contribution in [1.29, 1.82) is 0 Å². The number of hydrogen-bond donors (Lipinski definition) is 1. The summed E-state index contributed by atoms with van der Waals surface area (Å²) >= 11 is 1.58. The molecule has 1 amide bonds. The smallest absolute Gasteiger partial charge is 0.255 e. The first-order valence-electron chi connectivity index (χ1n) is 8.10. The Morgan fingerprint density at radius 1 is 1.12 bits per heavy atom. The SMILES string of the molecule is COc1ccccc1C(=O)NCc1ccc(-c2nc3ccccc3s2)o1. The fourth-order valence-corrected chi connectivity index (χ4v) is 3.59. The van der Waals surface area contributed by atoms with E-state index in [4.69, 9.17) is 9.15 Å². The van der Waals surface area contributed by atoms with E-state index in [0.29, 0.717) is 29.4 Å². The minimum absolute atomic E-state index is 0.208. The zero-order valence-electron chi connectivity index (χ0n) is 14.1. The monoisotopic (exact) mass is 364 g/mol. The van der Waals surface area contributed by atoms with Crippen molar-refractivity contribution in [3.8, 4) is 16.5 Å². The first kappa shape index (κ1) is 16.4. The first-order valence-corrected chi connectivity index (χ1v) is 8.92. The number of fused-ring (bicyclic) bond motifs is 1. The van der Waals surface area contributed by atoms with E-state index in [-0.39, 0.29) is 5.91 Å². The molecule has 26 heavy (non-hydrogen) atoms. The van der Waals surface area contributed by atoms with E-state index < -0.39 is 0 Å². The Morgan fingerprint density at radius 3 is 2.77 bits per heavy atom. The zero-order valence-corrected chi connectivity index (χ0v) is 14.9. The minimum atomic E-state index is -0.208. The summed E-state index contributed by atoms with van der Waals surface area (Å²) in [5.74, 6) is 1.70. The van der Waals surface area contributed by atoms with E-state index in [2.05, 4.69) is 10.3 Å². The molecule has 0 aliphatic heterocycles. The number of amides is 1. The second kappa shape index (κ2) is 7.01. The molecule has 2 aromatic heterocycles. The van der Waals surface area contributed by atoms with Crippen molar-refractivity contribution in [2.24, 2.45) is 0 Å². The maximum Gasteiger partial charge on any atom is 0.255 e. The highest BCUT2D eigenvalue weighted by molar-refractivity contribution is 7.21. The highest BCUT2D eigenvalue weighted by atomic mass is 32.1. The minimum Gasteiger partial charge on any atom is -0.496 e. The summed E-state index contributed by atoms with van der Waals surface area (Å²) in [5.41, 5.74) is 1.45. The van der Waals surface area contributed by atoms with Crippen LogP contribution in [0.4, 0.5) is 0 Å². The predicted molar refractivity (Wildman–Crippen MR) is 101 cm³/mol. The highest BCUT2D eigenvalue weighted by Gasteiger charge is 2.13. The molecule has 4 rings (SSSR count). The predicted octanol–water partition coefficient (Wildman–Crippen LogP) is 4.49. The van der Waals surface area contributed by atoms with E-state index in [9.17, 15) is 4.79 Å². The first-order chi connectivity index (χ1) is 12.7. The Hall–Kier alpha value is -3.12. The molecular formula is C20H16N2O3S. The van der Waals surface area contributed by atoms with E-state index in [1.165, 1.54) is 0 Å². The van der Waals surface area contributed by atoms with Gasteiger partial charge in [-0.3, -0.25) is 4.79 Å². The van der Waals surface area contributed by atoms with Crippen LogP contribution in [0.25, 0.3) is 21.0 Å². The Labute approximate surface area is 154 Å². The number of furan rings is 1. The van der Waals surface area contributed by atoms with Gasteiger partial charge in [-0.2, -0.15) is 0 Å². The van der Waals surface area contributed by atoms with Gasteiger partial charge in [-0.25, -0.2) is 4.98 Å². The lowest BCUT2D eigenvalue weighted by Gasteiger charge is -2.08. The van der Waals surface area contributed by atoms with Gasteiger partial charge in [0.15, 0.2) is 10.8 Å². The molecule has 0 aliphatic carbocycles. The maximum atomic E-state index is 12.3. The number of carbonyl (C=O) groups excluding carboxylic acids is 1. The van der Waals surface area contributed by atoms with Crippen LogP contribution in [0.1, 0.15) is 16.1 Å². The third-order valence-electron chi connectivity index (χ3n) is 3.94. The fourth-order valence-electron chi connectivity index (χ4n) is 2.66.